The molecule has 84 valence electrons. The van der Waals surface area contributed by atoms with Crippen molar-refractivity contribution in [2.45, 2.75) is 18.9 Å². The van der Waals surface area contributed by atoms with Crippen LogP contribution in [-0.2, 0) is 10.3 Å². The highest BCUT2D eigenvalue weighted by atomic mass is 19.1. The Balaban J connectivity index is 2.50. The smallest absolute Gasteiger partial charge is 0.319 e. The molecule has 0 spiro atoms. The predicted octanol–water partition coefficient (Wildman–Crippen LogP) is 1.27. The second-order valence-corrected chi connectivity index (χ2v) is 3.68. The van der Waals surface area contributed by atoms with Crippen LogP contribution in [0.2, 0.25) is 0 Å². The first-order valence-electron chi connectivity index (χ1n) is 4.98. The van der Waals surface area contributed by atoms with Gasteiger partial charge >= 0.3 is 6.03 Å². The van der Waals surface area contributed by atoms with Crippen LogP contribution in [0.3, 0.4) is 0 Å². The minimum atomic E-state index is -1.14. The van der Waals surface area contributed by atoms with Crippen LogP contribution in [-0.4, -0.2) is 11.9 Å². The van der Waals surface area contributed by atoms with Gasteiger partial charge in [-0.2, -0.15) is 0 Å². The molecule has 2 N–H and O–H groups in total. The highest BCUT2D eigenvalue weighted by molar-refractivity contribution is 6.07. The second-order valence-electron chi connectivity index (χ2n) is 3.68. The Bertz CT molecular complexity index is 461. The summed E-state index contributed by atoms with van der Waals surface area (Å²) in [6, 6.07) is 5.14. The lowest BCUT2D eigenvalue weighted by Gasteiger charge is -2.24. The standard InChI is InChI=1S/C11H11FN2O2/c1-2-11(9(15)13-10(16)14-11)7-4-3-5-8(12)6-7/h3-6H,2H2,1H3,(H2,13,14,15,16). The molecule has 16 heavy (non-hydrogen) atoms. The molecular weight excluding hydrogens is 211 g/mol. The molecule has 1 aliphatic heterocycles. The third-order valence-electron chi connectivity index (χ3n) is 2.79. The molecule has 4 nitrogen and oxygen atoms in total. The predicted molar refractivity (Wildman–Crippen MR) is 55.0 cm³/mol. The minimum Gasteiger partial charge on any atom is -0.319 e. The van der Waals surface area contributed by atoms with Gasteiger partial charge in [-0.3, -0.25) is 10.1 Å². The Morgan fingerprint density at radius 1 is 1.38 bits per heavy atom. The number of halogens is 1. The van der Waals surface area contributed by atoms with E-state index in [1.165, 1.54) is 18.2 Å². The summed E-state index contributed by atoms with van der Waals surface area (Å²) in [5, 5.41) is 4.71. The number of imide groups is 1. The van der Waals surface area contributed by atoms with Gasteiger partial charge in [-0.1, -0.05) is 19.1 Å². The van der Waals surface area contributed by atoms with Crippen molar-refractivity contribution < 1.29 is 14.0 Å². The highest BCUT2D eigenvalue weighted by Crippen LogP contribution is 2.28. The highest BCUT2D eigenvalue weighted by Gasteiger charge is 2.46. The van der Waals surface area contributed by atoms with Crippen molar-refractivity contribution in [1.29, 1.82) is 0 Å². The fourth-order valence-electron chi connectivity index (χ4n) is 1.90. The molecule has 0 aliphatic carbocycles. The summed E-state index contributed by atoms with van der Waals surface area (Å²) in [4.78, 5) is 22.9. The van der Waals surface area contributed by atoms with Gasteiger partial charge in [0.05, 0.1) is 0 Å². The topological polar surface area (TPSA) is 58.2 Å². The zero-order chi connectivity index (χ0) is 11.8. The van der Waals surface area contributed by atoms with Crippen LogP contribution < -0.4 is 10.6 Å². The van der Waals surface area contributed by atoms with Crippen LogP contribution >= 0.6 is 0 Å². The van der Waals surface area contributed by atoms with E-state index < -0.39 is 23.3 Å². The van der Waals surface area contributed by atoms with Gasteiger partial charge in [0, 0.05) is 0 Å². The first-order valence-corrected chi connectivity index (χ1v) is 4.98. The monoisotopic (exact) mass is 222 g/mol. The van der Waals surface area contributed by atoms with E-state index in [2.05, 4.69) is 10.6 Å². The number of nitrogens with one attached hydrogen (secondary N) is 2. The Labute approximate surface area is 91.8 Å². The largest absolute Gasteiger partial charge is 0.322 e. The van der Waals surface area contributed by atoms with E-state index in [1.807, 2.05) is 0 Å². The molecule has 1 aliphatic rings. The van der Waals surface area contributed by atoms with Crippen LogP contribution in [0, 0.1) is 5.82 Å². The summed E-state index contributed by atoms with van der Waals surface area (Å²) in [5.74, 6) is -0.870. The summed E-state index contributed by atoms with van der Waals surface area (Å²) in [6.07, 6.45) is 0.369. The van der Waals surface area contributed by atoms with Crippen molar-refractivity contribution in [2.24, 2.45) is 0 Å². The van der Waals surface area contributed by atoms with Crippen LogP contribution in [0.5, 0.6) is 0 Å². The molecule has 0 aromatic heterocycles. The van der Waals surface area contributed by atoms with E-state index in [4.69, 9.17) is 0 Å². The average Bonchev–Trinajstić information content (AvgIpc) is 2.54. The lowest BCUT2D eigenvalue weighted by Crippen LogP contribution is -2.43. The third-order valence-corrected chi connectivity index (χ3v) is 2.79. The van der Waals surface area contributed by atoms with E-state index in [9.17, 15) is 14.0 Å². The number of urea groups is 1. The Hall–Kier alpha value is -1.91. The van der Waals surface area contributed by atoms with Gasteiger partial charge in [0.2, 0.25) is 0 Å². The number of hydrogen-bond acceptors (Lipinski definition) is 2. The zero-order valence-electron chi connectivity index (χ0n) is 8.71. The van der Waals surface area contributed by atoms with Crippen molar-refractivity contribution in [3.05, 3.63) is 35.6 Å². The lowest BCUT2D eigenvalue weighted by molar-refractivity contribution is -0.124. The number of amides is 3. The van der Waals surface area contributed by atoms with Crippen molar-refractivity contribution >= 4 is 11.9 Å². The minimum absolute atomic E-state index is 0.369. The molecule has 2 rings (SSSR count). The molecule has 3 amide bonds. The molecule has 0 saturated carbocycles. The summed E-state index contributed by atoms with van der Waals surface area (Å²) < 4.78 is 13.1. The van der Waals surface area contributed by atoms with Gasteiger partial charge in [0.25, 0.3) is 5.91 Å². The van der Waals surface area contributed by atoms with Gasteiger partial charge in [-0.05, 0) is 24.1 Å². The fraction of sp³-hybridized carbons (Fsp3) is 0.273. The molecule has 1 fully saturated rings. The molecule has 5 heteroatoms. The zero-order valence-corrected chi connectivity index (χ0v) is 8.71. The van der Waals surface area contributed by atoms with Crippen molar-refractivity contribution in [2.75, 3.05) is 0 Å². The normalized spacial score (nSPS) is 24.1. The van der Waals surface area contributed by atoms with Gasteiger partial charge in [-0.25, -0.2) is 9.18 Å². The van der Waals surface area contributed by atoms with Gasteiger partial charge in [0.1, 0.15) is 11.4 Å². The Morgan fingerprint density at radius 3 is 2.62 bits per heavy atom. The van der Waals surface area contributed by atoms with Crippen LogP contribution in [0.15, 0.2) is 24.3 Å². The van der Waals surface area contributed by atoms with Crippen molar-refractivity contribution in [3.8, 4) is 0 Å². The van der Waals surface area contributed by atoms with Crippen molar-refractivity contribution in [1.82, 2.24) is 10.6 Å². The maximum Gasteiger partial charge on any atom is 0.322 e. The molecular formula is C11H11FN2O2. The quantitative estimate of drug-likeness (QED) is 0.740. The number of hydrogen-bond donors (Lipinski definition) is 2. The molecule has 1 heterocycles. The van der Waals surface area contributed by atoms with E-state index >= 15 is 0 Å². The van der Waals surface area contributed by atoms with Gasteiger partial charge in [0.15, 0.2) is 0 Å². The average molecular weight is 222 g/mol. The van der Waals surface area contributed by atoms with E-state index in [-0.39, 0.29) is 0 Å². The number of rotatable bonds is 2. The van der Waals surface area contributed by atoms with Gasteiger partial charge < -0.3 is 5.32 Å². The summed E-state index contributed by atoms with van der Waals surface area (Å²) in [5.41, 5.74) is -0.683. The summed E-state index contributed by atoms with van der Waals surface area (Å²) in [6.45, 7) is 1.76. The number of carbonyl (C=O) groups excluding carboxylic acids is 2. The maximum absolute atomic E-state index is 13.1. The maximum atomic E-state index is 13.1. The van der Waals surface area contributed by atoms with E-state index in [0.29, 0.717) is 12.0 Å². The van der Waals surface area contributed by atoms with Crippen molar-refractivity contribution in [3.63, 3.8) is 0 Å². The molecule has 1 atom stereocenters. The lowest BCUT2D eigenvalue weighted by atomic mass is 9.87. The van der Waals surface area contributed by atoms with E-state index in [0.717, 1.165) is 0 Å². The van der Waals surface area contributed by atoms with E-state index in [1.54, 1.807) is 13.0 Å². The molecule has 1 unspecified atom stereocenters. The Kier molecular flexibility index (Phi) is 2.38. The summed E-state index contributed by atoms with van der Waals surface area (Å²) >= 11 is 0. The SMILES string of the molecule is CCC1(c2cccc(F)c2)NC(=O)NC1=O. The first-order chi connectivity index (χ1) is 7.58. The van der Waals surface area contributed by atoms with Crippen LogP contribution in [0.4, 0.5) is 9.18 Å². The van der Waals surface area contributed by atoms with Crippen LogP contribution in [0.25, 0.3) is 0 Å². The first kappa shape index (κ1) is 10.6. The molecule has 1 saturated heterocycles. The fourth-order valence-corrected chi connectivity index (χ4v) is 1.90. The second kappa shape index (κ2) is 3.59. The molecule has 1 aromatic rings. The molecule has 0 radical (unpaired) electrons. The third kappa shape index (κ3) is 1.44. The number of benzene rings is 1. The molecule has 0 bridgehead atoms. The Morgan fingerprint density at radius 2 is 2.12 bits per heavy atom. The summed E-state index contributed by atoms with van der Waals surface area (Å²) in [7, 11) is 0. The van der Waals surface area contributed by atoms with Gasteiger partial charge in [-0.15, -0.1) is 0 Å². The number of carbonyl (C=O) groups is 2. The van der Waals surface area contributed by atoms with Crippen LogP contribution in [0.1, 0.15) is 18.9 Å². The molecule has 1 aromatic carbocycles.